The van der Waals surface area contributed by atoms with Gasteiger partial charge in [0.1, 0.15) is 6.26 Å². The second-order valence-corrected chi connectivity index (χ2v) is 2.39. The van der Waals surface area contributed by atoms with Crippen molar-refractivity contribution >= 4 is 6.98 Å². The van der Waals surface area contributed by atoms with Crippen LogP contribution in [-0.4, -0.2) is 25.2 Å². The van der Waals surface area contributed by atoms with Crippen molar-refractivity contribution in [3.63, 3.8) is 0 Å². The number of nitrogens with zero attached hydrogens (tertiary/aromatic N) is 1. The molecule has 11 heavy (non-hydrogen) atoms. The molecular formula is C5H8BF3NO-. The molecule has 0 unspecified atom stereocenters. The summed E-state index contributed by atoms with van der Waals surface area (Å²) >= 11 is 0. The Morgan fingerprint density at radius 3 is 2.64 bits per heavy atom. The Balaban J connectivity index is 2.17. The molecule has 0 saturated carbocycles. The Morgan fingerprint density at radius 2 is 2.18 bits per heavy atom. The van der Waals surface area contributed by atoms with E-state index in [1.807, 2.05) is 0 Å². The SMILES string of the molecule is F[B-](F)(F)CCN1C=COC1. The van der Waals surface area contributed by atoms with Crippen LogP contribution >= 0.6 is 0 Å². The van der Waals surface area contributed by atoms with Gasteiger partial charge in [0, 0.05) is 6.20 Å². The van der Waals surface area contributed by atoms with Gasteiger partial charge in [0.15, 0.2) is 6.73 Å². The van der Waals surface area contributed by atoms with E-state index in [1.54, 1.807) is 0 Å². The molecule has 1 aliphatic rings. The monoisotopic (exact) mass is 166 g/mol. The highest BCUT2D eigenvalue weighted by Gasteiger charge is 2.23. The lowest BCUT2D eigenvalue weighted by Gasteiger charge is -2.18. The lowest BCUT2D eigenvalue weighted by molar-refractivity contribution is 0.174. The van der Waals surface area contributed by atoms with Crippen molar-refractivity contribution < 1.29 is 17.7 Å². The molecule has 0 aromatic rings. The third-order valence-electron chi connectivity index (χ3n) is 1.35. The summed E-state index contributed by atoms with van der Waals surface area (Å²) in [5.41, 5.74) is 0. The maximum absolute atomic E-state index is 11.7. The molecule has 0 aliphatic carbocycles. The third kappa shape index (κ3) is 3.20. The Hall–Kier alpha value is -0.805. The van der Waals surface area contributed by atoms with Gasteiger partial charge < -0.3 is 22.6 Å². The molecule has 0 atom stereocenters. The summed E-state index contributed by atoms with van der Waals surface area (Å²) in [6.45, 7) is -4.41. The summed E-state index contributed by atoms with van der Waals surface area (Å²) in [7, 11) is 0. The van der Waals surface area contributed by atoms with Gasteiger partial charge in [-0.15, -0.1) is 0 Å². The maximum atomic E-state index is 11.7. The topological polar surface area (TPSA) is 12.5 Å². The second kappa shape index (κ2) is 3.06. The molecule has 0 radical (unpaired) electrons. The van der Waals surface area contributed by atoms with E-state index in [4.69, 9.17) is 4.74 Å². The molecular weight excluding hydrogens is 158 g/mol. The minimum absolute atomic E-state index is 0. The van der Waals surface area contributed by atoms with Crippen LogP contribution in [0.1, 0.15) is 0 Å². The van der Waals surface area contributed by atoms with Crippen molar-refractivity contribution in [3.05, 3.63) is 12.5 Å². The van der Waals surface area contributed by atoms with Gasteiger partial charge in [-0.3, -0.25) is 0 Å². The van der Waals surface area contributed by atoms with E-state index in [0.717, 1.165) is 0 Å². The van der Waals surface area contributed by atoms with Gasteiger partial charge in [-0.1, -0.05) is 6.32 Å². The molecule has 0 amide bonds. The molecule has 0 spiro atoms. The normalized spacial score (nSPS) is 17.2. The van der Waals surface area contributed by atoms with E-state index < -0.39 is 13.3 Å². The summed E-state index contributed by atoms with van der Waals surface area (Å²) in [6.07, 6.45) is 2.18. The van der Waals surface area contributed by atoms with Crippen LogP contribution in [0.15, 0.2) is 12.5 Å². The molecule has 0 saturated heterocycles. The van der Waals surface area contributed by atoms with Crippen LogP contribution < -0.4 is 0 Å². The highest BCUT2D eigenvalue weighted by molar-refractivity contribution is 6.58. The van der Waals surface area contributed by atoms with Gasteiger partial charge in [0.2, 0.25) is 0 Å². The van der Waals surface area contributed by atoms with Crippen LogP contribution in [0, 0.1) is 0 Å². The number of hydrogen-bond donors (Lipinski definition) is 0. The third-order valence-corrected chi connectivity index (χ3v) is 1.35. The van der Waals surface area contributed by atoms with Gasteiger partial charge in [-0.25, -0.2) is 0 Å². The fraction of sp³-hybridized carbons (Fsp3) is 0.600. The average molecular weight is 166 g/mol. The molecule has 2 nitrogen and oxygen atoms in total. The number of rotatable bonds is 3. The molecule has 0 bridgehead atoms. The minimum Gasteiger partial charge on any atom is -0.479 e. The van der Waals surface area contributed by atoms with Crippen molar-refractivity contribution in [1.82, 2.24) is 4.90 Å². The van der Waals surface area contributed by atoms with Crippen LogP contribution in [0.4, 0.5) is 12.9 Å². The maximum Gasteiger partial charge on any atom is 0.480 e. The van der Waals surface area contributed by atoms with Crippen molar-refractivity contribution in [2.45, 2.75) is 6.32 Å². The van der Waals surface area contributed by atoms with E-state index in [2.05, 4.69) is 0 Å². The predicted molar refractivity (Wildman–Crippen MR) is 35.7 cm³/mol. The second-order valence-electron chi connectivity index (χ2n) is 2.39. The van der Waals surface area contributed by atoms with Crippen molar-refractivity contribution in [2.75, 3.05) is 13.3 Å². The van der Waals surface area contributed by atoms with Crippen LogP contribution in [-0.2, 0) is 4.74 Å². The molecule has 1 rings (SSSR count). The highest BCUT2D eigenvalue weighted by Crippen LogP contribution is 2.16. The Bertz CT molecular complexity index is 158. The lowest BCUT2D eigenvalue weighted by atomic mass is 9.86. The van der Waals surface area contributed by atoms with Gasteiger partial charge in [-0.05, 0) is 6.54 Å². The number of hydrogen-bond acceptors (Lipinski definition) is 2. The van der Waals surface area contributed by atoms with E-state index >= 15 is 0 Å². The van der Waals surface area contributed by atoms with Gasteiger partial charge >= 0.3 is 6.98 Å². The van der Waals surface area contributed by atoms with Crippen LogP contribution in [0.2, 0.25) is 6.32 Å². The van der Waals surface area contributed by atoms with E-state index in [0.29, 0.717) is 0 Å². The summed E-state index contributed by atoms with van der Waals surface area (Å²) in [5, 5.41) is 0. The van der Waals surface area contributed by atoms with E-state index in [1.165, 1.54) is 17.4 Å². The molecule has 0 fully saturated rings. The van der Waals surface area contributed by atoms with E-state index in [-0.39, 0.29) is 13.3 Å². The molecule has 6 heteroatoms. The fourth-order valence-corrected chi connectivity index (χ4v) is 0.762. The summed E-state index contributed by atoms with van der Waals surface area (Å²) in [5.74, 6) is 0. The van der Waals surface area contributed by atoms with Crippen LogP contribution in [0.3, 0.4) is 0 Å². The molecule has 1 heterocycles. The van der Waals surface area contributed by atoms with Crippen molar-refractivity contribution in [3.8, 4) is 0 Å². The van der Waals surface area contributed by atoms with Crippen molar-refractivity contribution in [1.29, 1.82) is 0 Å². The summed E-state index contributed by atoms with van der Waals surface area (Å²) in [6, 6.07) is 0. The first-order valence-corrected chi connectivity index (χ1v) is 3.31. The molecule has 0 aromatic carbocycles. The fourth-order valence-electron chi connectivity index (χ4n) is 0.762. The minimum atomic E-state index is -4.65. The average Bonchev–Trinajstić information content (AvgIpc) is 2.32. The first-order chi connectivity index (χ1) is 5.08. The Labute approximate surface area is 62.7 Å². The highest BCUT2D eigenvalue weighted by atomic mass is 19.4. The largest absolute Gasteiger partial charge is 0.480 e. The molecule has 64 valence electrons. The quantitative estimate of drug-likeness (QED) is 0.590. The summed E-state index contributed by atoms with van der Waals surface area (Å²) in [4.78, 5) is 1.48. The van der Waals surface area contributed by atoms with Gasteiger partial charge in [-0.2, -0.15) is 0 Å². The zero-order valence-electron chi connectivity index (χ0n) is 5.84. The van der Waals surface area contributed by atoms with E-state index in [9.17, 15) is 12.9 Å². The molecule has 0 aromatic heterocycles. The zero-order chi connectivity index (χ0) is 8.32. The molecule has 1 aliphatic heterocycles. The Kier molecular flexibility index (Phi) is 2.31. The van der Waals surface area contributed by atoms with Crippen molar-refractivity contribution in [2.24, 2.45) is 0 Å². The first kappa shape index (κ1) is 8.29. The zero-order valence-corrected chi connectivity index (χ0v) is 5.84. The smallest absolute Gasteiger partial charge is 0.479 e. The Morgan fingerprint density at radius 1 is 1.45 bits per heavy atom. The lowest BCUT2D eigenvalue weighted by Crippen LogP contribution is -2.24. The summed E-state index contributed by atoms with van der Waals surface area (Å²) < 4.78 is 39.7. The van der Waals surface area contributed by atoms with Crippen LogP contribution in [0.25, 0.3) is 0 Å². The first-order valence-electron chi connectivity index (χ1n) is 3.31. The standard InChI is InChI=1S/C5H8BF3NO/c7-6(8,9)1-2-10-3-4-11-5-10/h3-4H,1-2,5H2/q-1. The number of halogens is 3. The van der Waals surface area contributed by atoms with Gasteiger partial charge in [0.25, 0.3) is 0 Å². The molecule has 0 N–H and O–H groups in total. The number of ether oxygens (including phenoxy) is 1. The van der Waals surface area contributed by atoms with Crippen LogP contribution in [0.5, 0.6) is 0 Å². The predicted octanol–water partition coefficient (Wildman–Crippen LogP) is 1.59. The van der Waals surface area contributed by atoms with Gasteiger partial charge in [0.05, 0.1) is 0 Å².